The monoisotopic (exact) mass is 348 g/mol. The van der Waals surface area contributed by atoms with Crippen LogP contribution in [0.25, 0.3) is 32.7 Å². The number of benzene rings is 4. The standard InChI is InChI=1S/C20H13BrO/c21-19-11-15-7-3-1-5-13(15)9-17(19)18-10-14-6-2-4-8-16(14)12-20(18)22/h1-12,22H. The second-order valence-corrected chi connectivity index (χ2v) is 6.25. The molecule has 0 saturated heterocycles. The van der Waals surface area contributed by atoms with E-state index in [1.807, 2.05) is 42.5 Å². The fourth-order valence-electron chi connectivity index (χ4n) is 2.86. The van der Waals surface area contributed by atoms with E-state index in [1.54, 1.807) is 0 Å². The van der Waals surface area contributed by atoms with Gasteiger partial charge >= 0.3 is 0 Å². The van der Waals surface area contributed by atoms with Crippen molar-refractivity contribution >= 4 is 37.5 Å². The van der Waals surface area contributed by atoms with E-state index in [2.05, 4.69) is 46.3 Å². The van der Waals surface area contributed by atoms with E-state index in [0.29, 0.717) is 5.75 Å². The maximum atomic E-state index is 10.4. The summed E-state index contributed by atoms with van der Waals surface area (Å²) in [6.07, 6.45) is 0. The summed E-state index contributed by atoms with van der Waals surface area (Å²) >= 11 is 3.64. The van der Waals surface area contributed by atoms with Crippen molar-refractivity contribution in [1.29, 1.82) is 0 Å². The topological polar surface area (TPSA) is 20.2 Å². The zero-order chi connectivity index (χ0) is 15.1. The van der Waals surface area contributed by atoms with Gasteiger partial charge in [-0.25, -0.2) is 0 Å². The average molecular weight is 349 g/mol. The van der Waals surface area contributed by atoms with E-state index in [-0.39, 0.29) is 0 Å². The van der Waals surface area contributed by atoms with Gasteiger partial charge in [-0.1, -0.05) is 64.5 Å². The van der Waals surface area contributed by atoms with E-state index in [1.165, 1.54) is 5.39 Å². The highest BCUT2D eigenvalue weighted by molar-refractivity contribution is 9.10. The fraction of sp³-hybridized carbons (Fsp3) is 0. The summed E-state index contributed by atoms with van der Waals surface area (Å²) in [5.41, 5.74) is 1.85. The Kier molecular flexibility index (Phi) is 3.12. The fourth-order valence-corrected chi connectivity index (χ4v) is 3.44. The van der Waals surface area contributed by atoms with Gasteiger partial charge < -0.3 is 5.11 Å². The van der Waals surface area contributed by atoms with Gasteiger partial charge in [0.25, 0.3) is 0 Å². The number of rotatable bonds is 1. The van der Waals surface area contributed by atoms with Crippen molar-refractivity contribution in [3.05, 3.63) is 77.3 Å². The zero-order valence-corrected chi connectivity index (χ0v) is 13.3. The Bertz CT molecular complexity index is 922. The smallest absolute Gasteiger partial charge is 0.124 e. The van der Waals surface area contributed by atoms with Crippen molar-refractivity contribution in [3.63, 3.8) is 0 Å². The molecule has 0 saturated carbocycles. The quantitative estimate of drug-likeness (QED) is 0.438. The van der Waals surface area contributed by atoms with E-state index in [0.717, 1.165) is 31.8 Å². The summed E-state index contributed by atoms with van der Waals surface area (Å²) in [6.45, 7) is 0. The lowest BCUT2D eigenvalue weighted by molar-refractivity contribution is 0.478. The Morgan fingerprint density at radius 3 is 1.64 bits per heavy atom. The van der Waals surface area contributed by atoms with Gasteiger partial charge in [0.1, 0.15) is 5.75 Å². The summed E-state index contributed by atoms with van der Waals surface area (Å²) in [6, 6.07) is 24.4. The summed E-state index contributed by atoms with van der Waals surface area (Å²) in [5.74, 6) is 0.301. The van der Waals surface area contributed by atoms with Crippen LogP contribution >= 0.6 is 15.9 Å². The van der Waals surface area contributed by atoms with Gasteiger partial charge in [0.15, 0.2) is 0 Å². The molecule has 0 aromatic heterocycles. The van der Waals surface area contributed by atoms with Crippen LogP contribution in [0.4, 0.5) is 0 Å². The lowest BCUT2D eigenvalue weighted by Gasteiger charge is -2.11. The van der Waals surface area contributed by atoms with Gasteiger partial charge in [-0.3, -0.25) is 0 Å². The number of aromatic hydroxyl groups is 1. The Hall–Kier alpha value is -2.32. The predicted octanol–water partition coefficient (Wildman–Crippen LogP) is 6.13. The minimum atomic E-state index is 0.301. The summed E-state index contributed by atoms with van der Waals surface area (Å²) < 4.78 is 0.983. The summed E-state index contributed by atoms with van der Waals surface area (Å²) in [5, 5.41) is 14.9. The molecular weight excluding hydrogens is 336 g/mol. The lowest BCUT2D eigenvalue weighted by atomic mass is 9.98. The van der Waals surface area contributed by atoms with Crippen molar-refractivity contribution in [2.75, 3.05) is 0 Å². The Balaban J connectivity index is 2.02. The Labute approximate surface area is 137 Å². The molecule has 22 heavy (non-hydrogen) atoms. The van der Waals surface area contributed by atoms with Crippen LogP contribution in [0, 0.1) is 0 Å². The summed E-state index contributed by atoms with van der Waals surface area (Å²) in [7, 11) is 0. The number of halogens is 1. The van der Waals surface area contributed by atoms with Gasteiger partial charge in [0, 0.05) is 15.6 Å². The maximum absolute atomic E-state index is 10.4. The van der Waals surface area contributed by atoms with Crippen LogP contribution in [0.2, 0.25) is 0 Å². The van der Waals surface area contributed by atoms with Gasteiger partial charge in [-0.2, -0.15) is 0 Å². The van der Waals surface area contributed by atoms with Crippen LogP contribution in [-0.2, 0) is 0 Å². The molecule has 4 rings (SSSR count). The van der Waals surface area contributed by atoms with Crippen molar-refractivity contribution in [3.8, 4) is 16.9 Å². The third kappa shape index (κ3) is 2.16. The molecule has 0 heterocycles. The zero-order valence-electron chi connectivity index (χ0n) is 11.8. The molecule has 1 nitrogen and oxygen atoms in total. The molecule has 106 valence electrons. The van der Waals surface area contributed by atoms with Crippen LogP contribution in [0.5, 0.6) is 5.75 Å². The number of hydrogen-bond acceptors (Lipinski definition) is 1. The third-order valence-corrected chi connectivity index (χ3v) is 4.65. The number of phenols is 1. The number of fused-ring (bicyclic) bond motifs is 2. The second kappa shape index (κ2) is 5.15. The third-order valence-electron chi connectivity index (χ3n) is 3.99. The number of phenolic OH excluding ortho intramolecular Hbond substituents is 1. The molecule has 4 aromatic carbocycles. The van der Waals surface area contributed by atoms with Crippen LogP contribution in [0.3, 0.4) is 0 Å². The molecule has 0 radical (unpaired) electrons. The first-order valence-electron chi connectivity index (χ1n) is 7.13. The van der Waals surface area contributed by atoms with Crippen LogP contribution in [0.1, 0.15) is 0 Å². The molecule has 0 spiro atoms. The molecule has 0 aliphatic carbocycles. The first-order chi connectivity index (χ1) is 10.7. The predicted molar refractivity (Wildman–Crippen MR) is 96.3 cm³/mol. The molecule has 0 aliphatic heterocycles. The minimum Gasteiger partial charge on any atom is -0.507 e. The van der Waals surface area contributed by atoms with E-state index >= 15 is 0 Å². The van der Waals surface area contributed by atoms with Crippen molar-refractivity contribution < 1.29 is 5.11 Å². The van der Waals surface area contributed by atoms with Gasteiger partial charge in [-0.05, 0) is 45.8 Å². The maximum Gasteiger partial charge on any atom is 0.124 e. The first kappa shape index (κ1) is 13.4. The molecular formula is C20H13BrO. The van der Waals surface area contributed by atoms with Crippen LogP contribution < -0.4 is 0 Å². The highest BCUT2D eigenvalue weighted by Crippen LogP contribution is 2.39. The lowest BCUT2D eigenvalue weighted by Crippen LogP contribution is -1.84. The summed E-state index contributed by atoms with van der Waals surface area (Å²) in [4.78, 5) is 0. The molecule has 0 fully saturated rings. The molecule has 4 aromatic rings. The highest BCUT2D eigenvalue weighted by Gasteiger charge is 2.11. The molecule has 0 aliphatic rings. The molecule has 0 unspecified atom stereocenters. The molecule has 0 bridgehead atoms. The van der Waals surface area contributed by atoms with Crippen molar-refractivity contribution in [2.45, 2.75) is 0 Å². The Morgan fingerprint density at radius 1 is 0.591 bits per heavy atom. The van der Waals surface area contributed by atoms with E-state index in [9.17, 15) is 5.11 Å². The number of hydrogen-bond donors (Lipinski definition) is 1. The van der Waals surface area contributed by atoms with Gasteiger partial charge in [-0.15, -0.1) is 0 Å². The van der Waals surface area contributed by atoms with Crippen LogP contribution in [0.15, 0.2) is 77.3 Å². The van der Waals surface area contributed by atoms with E-state index < -0.39 is 0 Å². The van der Waals surface area contributed by atoms with Gasteiger partial charge in [0.2, 0.25) is 0 Å². The van der Waals surface area contributed by atoms with Gasteiger partial charge in [0.05, 0.1) is 0 Å². The highest BCUT2D eigenvalue weighted by atomic mass is 79.9. The molecule has 0 amide bonds. The SMILES string of the molecule is Oc1cc2ccccc2cc1-c1cc2ccccc2cc1Br. The van der Waals surface area contributed by atoms with Crippen LogP contribution in [-0.4, -0.2) is 5.11 Å². The Morgan fingerprint density at radius 2 is 1.05 bits per heavy atom. The minimum absolute atomic E-state index is 0.301. The largest absolute Gasteiger partial charge is 0.507 e. The van der Waals surface area contributed by atoms with Crippen molar-refractivity contribution in [1.82, 2.24) is 0 Å². The average Bonchev–Trinajstić information content (AvgIpc) is 2.54. The first-order valence-corrected chi connectivity index (χ1v) is 7.92. The normalized spacial score (nSPS) is 11.1. The van der Waals surface area contributed by atoms with Crippen molar-refractivity contribution in [2.24, 2.45) is 0 Å². The van der Waals surface area contributed by atoms with E-state index in [4.69, 9.17) is 0 Å². The second-order valence-electron chi connectivity index (χ2n) is 5.40. The molecule has 1 N–H and O–H groups in total. The molecule has 2 heteroatoms. The molecule has 0 atom stereocenters.